The van der Waals surface area contributed by atoms with Crippen molar-refractivity contribution in [3.8, 4) is 0 Å². The molecular formula is C35H28FeOP2. The van der Waals surface area contributed by atoms with E-state index in [4.69, 9.17) is 0 Å². The Morgan fingerprint density at radius 2 is 0.949 bits per heavy atom. The maximum Gasteiger partial charge on any atom is 2.00 e. The molecule has 5 aromatic rings. The first-order valence-corrected chi connectivity index (χ1v) is 15.3. The summed E-state index contributed by atoms with van der Waals surface area (Å²) in [6.07, 6.45) is 6.87. The van der Waals surface area contributed by atoms with Crippen LogP contribution in [0.1, 0.15) is 0 Å². The first-order valence-electron chi connectivity index (χ1n) is 12.6. The standard InChI is InChI=1S/C18H15OP.C17H14P.Fe/c19-14-15-11-12-18(13-15)20(16-7-3-1-4-8-16)17-9-5-2-6-10-17;1-3-9-15(10-4-1)18(17-13-7-8-14-17)16-11-5-2-6-12-16;/h1-14,19H;1-14H;/q;-1;+2/p-1. The average molecular weight is 582 g/mol. The Morgan fingerprint density at radius 3 is 1.31 bits per heavy atom. The summed E-state index contributed by atoms with van der Waals surface area (Å²) in [5.74, 6) is 0. The zero-order valence-corrected chi connectivity index (χ0v) is 24.2. The molecule has 0 unspecified atom stereocenters. The first kappa shape index (κ1) is 28.6. The van der Waals surface area contributed by atoms with Crippen molar-refractivity contribution in [1.82, 2.24) is 0 Å². The third-order valence-corrected chi connectivity index (χ3v) is 11.0. The SMILES string of the molecule is [Fe+2].[O-]C=C1C=CC(P(c2ccccc2)c2ccccc2)=C1.c1ccc(P(c2ccccc2)c2ccc[cH-]2)cc1. The fourth-order valence-electron chi connectivity index (χ4n) is 4.38. The Bertz CT molecular complexity index is 1420. The largest absolute Gasteiger partial charge is 2.00 e. The van der Waals surface area contributed by atoms with E-state index in [-0.39, 0.29) is 17.1 Å². The van der Waals surface area contributed by atoms with Crippen molar-refractivity contribution >= 4 is 42.4 Å². The number of allylic oxidation sites excluding steroid dienone is 5. The van der Waals surface area contributed by atoms with Crippen molar-refractivity contribution in [2.45, 2.75) is 0 Å². The van der Waals surface area contributed by atoms with Crippen LogP contribution in [0.4, 0.5) is 0 Å². The van der Waals surface area contributed by atoms with E-state index in [1.807, 2.05) is 24.3 Å². The van der Waals surface area contributed by atoms with Crippen LogP contribution < -0.4 is 31.6 Å². The summed E-state index contributed by atoms with van der Waals surface area (Å²) in [6.45, 7) is 0. The normalized spacial score (nSPS) is 13.1. The van der Waals surface area contributed by atoms with Crippen LogP contribution in [-0.4, -0.2) is 0 Å². The molecule has 0 aromatic heterocycles. The van der Waals surface area contributed by atoms with Gasteiger partial charge in [0.15, 0.2) is 0 Å². The van der Waals surface area contributed by atoms with Crippen LogP contribution in [-0.2, 0) is 17.1 Å². The summed E-state index contributed by atoms with van der Waals surface area (Å²) in [4.78, 5) is 0. The molecule has 0 saturated carbocycles. The van der Waals surface area contributed by atoms with Gasteiger partial charge in [-0.1, -0.05) is 133 Å². The molecule has 5 aromatic carbocycles. The molecule has 39 heavy (non-hydrogen) atoms. The fourth-order valence-corrected chi connectivity index (χ4v) is 9.02. The molecule has 6 rings (SSSR count). The Kier molecular flexibility index (Phi) is 10.8. The fraction of sp³-hybridized carbons (Fsp3) is 0. The van der Waals surface area contributed by atoms with Crippen LogP contribution in [0.5, 0.6) is 0 Å². The molecule has 0 N–H and O–H groups in total. The third-order valence-electron chi connectivity index (χ3n) is 6.12. The number of rotatable bonds is 6. The minimum atomic E-state index is -0.590. The Balaban J connectivity index is 0.000000177. The minimum Gasteiger partial charge on any atom is -0.877 e. The summed E-state index contributed by atoms with van der Waals surface area (Å²) in [6, 6.07) is 51.2. The number of hydrogen-bond donors (Lipinski definition) is 0. The van der Waals surface area contributed by atoms with Gasteiger partial charge in [0.25, 0.3) is 0 Å². The zero-order chi connectivity index (χ0) is 26.0. The van der Waals surface area contributed by atoms with Gasteiger partial charge in [0.05, 0.1) is 0 Å². The molecule has 0 bridgehead atoms. The maximum atomic E-state index is 10.9. The topological polar surface area (TPSA) is 23.1 Å². The molecule has 0 spiro atoms. The van der Waals surface area contributed by atoms with Crippen LogP contribution in [0.3, 0.4) is 0 Å². The van der Waals surface area contributed by atoms with Gasteiger partial charge in [0.1, 0.15) is 0 Å². The van der Waals surface area contributed by atoms with Crippen molar-refractivity contribution in [2.24, 2.45) is 0 Å². The summed E-state index contributed by atoms with van der Waals surface area (Å²) in [5.41, 5.74) is 0.749. The van der Waals surface area contributed by atoms with E-state index in [1.54, 1.807) is 0 Å². The minimum absolute atomic E-state index is 0. The van der Waals surface area contributed by atoms with Gasteiger partial charge in [0, 0.05) is 0 Å². The quantitative estimate of drug-likeness (QED) is 0.105. The predicted octanol–water partition coefficient (Wildman–Crippen LogP) is 5.98. The Morgan fingerprint density at radius 1 is 0.513 bits per heavy atom. The smallest absolute Gasteiger partial charge is 0.877 e. The van der Waals surface area contributed by atoms with Crippen LogP contribution >= 0.6 is 15.8 Å². The molecule has 0 saturated heterocycles. The molecule has 0 heterocycles. The molecule has 0 fully saturated rings. The molecule has 1 aliphatic rings. The average Bonchev–Trinajstić information content (AvgIpc) is 3.69. The van der Waals surface area contributed by atoms with Crippen LogP contribution in [0.15, 0.2) is 181 Å². The van der Waals surface area contributed by atoms with Gasteiger partial charge >= 0.3 is 17.1 Å². The van der Waals surface area contributed by atoms with Crippen LogP contribution in [0.25, 0.3) is 0 Å². The molecule has 192 valence electrons. The van der Waals surface area contributed by atoms with Crippen LogP contribution in [0.2, 0.25) is 0 Å². The Hall–Kier alpha value is -3.37. The van der Waals surface area contributed by atoms with Gasteiger partial charge in [-0.25, -0.2) is 12.1 Å². The summed E-state index contributed by atoms with van der Waals surface area (Å²) in [5, 5.41) is 19.0. The van der Waals surface area contributed by atoms with E-state index in [2.05, 4.69) is 140 Å². The van der Waals surface area contributed by atoms with E-state index in [9.17, 15) is 5.11 Å². The van der Waals surface area contributed by atoms with Gasteiger partial charge in [-0.15, -0.1) is 11.6 Å². The third kappa shape index (κ3) is 7.39. The van der Waals surface area contributed by atoms with Gasteiger partial charge in [-0.05, 0) is 54.0 Å². The van der Waals surface area contributed by atoms with Crippen molar-refractivity contribution in [3.05, 3.63) is 181 Å². The van der Waals surface area contributed by atoms with E-state index < -0.39 is 15.8 Å². The van der Waals surface area contributed by atoms with E-state index >= 15 is 0 Å². The monoisotopic (exact) mass is 582 g/mol. The molecule has 0 atom stereocenters. The van der Waals surface area contributed by atoms with Gasteiger partial charge in [-0.2, -0.15) is 12.1 Å². The second-order valence-electron chi connectivity index (χ2n) is 8.68. The van der Waals surface area contributed by atoms with E-state index in [1.165, 1.54) is 31.8 Å². The summed E-state index contributed by atoms with van der Waals surface area (Å²) < 4.78 is 0. The maximum absolute atomic E-state index is 10.9. The summed E-state index contributed by atoms with van der Waals surface area (Å²) >= 11 is 0. The first-order chi connectivity index (χ1) is 18.8. The van der Waals surface area contributed by atoms with Gasteiger partial charge in [-0.3, -0.25) is 0 Å². The van der Waals surface area contributed by atoms with E-state index in [0.717, 1.165) is 11.8 Å². The molecular weight excluding hydrogens is 554 g/mol. The predicted molar refractivity (Wildman–Crippen MR) is 165 cm³/mol. The number of hydrogen-bond acceptors (Lipinski definition) is 1. The molecule has 0 radical (unpaired) electrons. The molecule has 4 heteroatoms. The van der Waals surface area contributed by atoms with Gasteiger partial charge in [0.2, 0.25) is 0 Å². The zero-order valence-electron chi connectivity index (χ0n) is 21.3. The van der Waals surface area contributed by atoms with Crippen molar-refractivity contribution in [3.63, 3.8) is 0 Å². The molecule has 0 amide bonds. The van der Waals surface area contributed by atoms with Crippen molar-refractivity contribution in [2.75, 3.05) is 0 Å². The second-order valence-corrected chi connectivity index (χ2v) is 13.1. The summed E-state index contributed by atoms with van der Waals surface area (Å²) in [7, 11) is -0.999. The van der Waals surface area contributed by atoms with Crippen molar-refractivity contribution in [1.29, 1.82) is 0 Å². The second kappa shape index (κ2) is 14.7. The molecule has 1 nitrogen and oxygen atoms in total. The Labute approximate surface area is 244 Å². The van der Waals surface area contributed by atoms with E-state index in [0.29, 0.717) is 0 Å². The van der Waals surface area contributed by atoms with Gasteiger partial charge < -0.3 is 5.11 Å². The molecule has 0 aliphatic heterocycles. The van der Waals surface area contributed by atoms with Crippen LogP contribution in [0, 0.1) is 0 Å². The molecule has 1 aliphatic carbocycles. The van der Waals surface area contributed by atoms with Crippen molar-refractivity contribution < 1.29 is 22.2 Å². The number of benzene rings is 4.